The third kappa shape index (κ3) is 3.98. The molecule has 0 fully saturated rings. The summed E-state index contributed by atoms with van der Waals surface area (Å²) in [6.07, 6.45) is 4.68. The normalized spacial score (nSPS) is 10.6. The largest absolute Gasteiger partial charge is 0.497 e. The zero-order valence-corrected chi connectivity index (χ0v) is 13.2. The SMILES string of the molecule is COCCCn1ccnc1Nc1cc(Br)cc(OC)c1. The van der Waals surface area contributed by atoms with Crippen LogP contribution < -0.4 is 10.1 Å². The van der Waals surface area contributed by atoms with Crippen molar-refractivity contribution in [2.75, 3.05) is 26.1 Å². The number of benzene rings is 1. The van der Waals surface area contributed by atoms with Crippen LogP contribution >= 0.6 is 15.9 Å². The fourth-order valence-electron chi connectivity index (χ4n) is 1.87. The number of rotatable bonds is 7. The first kappa shape index (κ1) is 14.9. The van der Waals surface area contributed by atoms with Crippen LogP contribution in [0.4, 0.5) is 11.6 Å². The van der Waals surface area contributed by atoms with Gasteiger partial charge < -0.3 is 19.4 Å². The standard InChI is InChI=1S/C14H18BrN3O2/c1-19-7-3-5-18-6-4-16-14(18)17-12-8-11(15)9-13(10-12)20-2/h4,6,8-10H,3,5,7H2,1-2H3,(H,16,17). The number of aromatic nitrogens is 2. The third-order valence-corrected chi connectivity index (χ3v) is 3.28. The fourth-order valence-corrected chi connectivity index (χ4v) is 2.35. The molecule has 0 atom stereocenters. The minimum absolute atomic E-state index is 0.738. The Labute approximate surface area is 127 Å². The van der Waals surface area contributed by atoms with Gasteiger partial charge in [0.2, 0.25) is 5.95 Å². The van der Waals surface area contributed by atoms with Crippen molar-refractivity contribution >= 4 is 27.6 Å². The molecule has 1 aromatic carbocycles. The highest BCUT2D eigenvalue weighted by Crippen LogP contribution is 2.26. The van der Waals surface area contributed by atoms with Crippen LogP contribution in [0.2, 0.25) is 0 Å². The lowest BCUT2D eigenvalue weighted by Gasteiger charge is -2.11. The predicted octanol–water partition coefficient (Wildman–Crippen LogP) is 3.43. The van der Waals surface area contributed by atoms with Gasteiger partial charge in [0, 0.05) is 48.9 Å². The molecule has 1 aromatic heterocycles. The molecule has 0 bridgehead atoms. The molecular weight excluding hydrogens is 322 g/mol. The molecule has 2 rings (SSSR count). The van der Waals surface area contributed by atoms with Crippen LogP contribution in [0.3, 0.4) is 0 Å². The second-order valence-electron chi connectivity index (χ2n) is 4.30. The van der Waals surface area contributed by atoms with Crippen LogP contribution in [-0.2, 0) is 11.3 Å². The first-order valence-electron chi connectivity index (χ1n) is 6.34. The molecule has 108 valence electrons. The van der Waals surface area contributed by atoms with Gasteiger partial charge in [-0.15, -0.1) is 0 Å². The van der Waals surface area contributed by atoms with Gasteiger partial charge in [0.1, 0.15) is 5.75 Å². The highest BCUT2D eigenvalue weighted by atomic mass is 79.9. The Morgan fingerprint density at radius 2 is 2.15 bits per heavy atom. The summed E-state index contributed by atoms with van der Waals surface area (Å²) >= 11 is 3.46. The van der Waals surface area contributed by atoms with Gasteiger partial charge in [-0.3, -0.25) is 0 Å². The summed E-state index contributed by atoms with van der Waals surface area (Å²) in [6.45, 7) is 1.60. The maximum absolute atomic E-state index is 5.25. The number of hydrogen-bond acceptors (Lipinski definition) is 4. The summed E-state index contributed by atoms with van der Waals surface area (Å²) < 4.78 is 13.3. The number of methoxy groups -OCH3 is 2. The Balaban J connectivity index is 2.10. The van der Waals surface area contributed by atoms with Crippen LogP contribution in [-0.4, -0.2) is 30.4 Å². The van der Waals surface area contributed by atoms with Gasteiger partial charge in [-0.25, -0.2) is 4.98 Å². The first-order chi connectivity index (χ1) is 9.72. The summed E-state index contributed by atoms with van der Waals surface area (Å²) in [4.78, 5) is 4.33. The van der Waals surface area contributed by atoms with E-state index in [-0.39, 0.29) is 0 Å². The smallest absolute Gasteiger partial charge is 0.207 e. The second kappa shape index (κ2) is 7.31. The Kier molecular flexibility index (Phi) is 5.43. The van der Waals surface area contributed by atoms with E-state index < -0.39 is 0 Å². The van der Waals surface area contributed by atoms with Crippen molar-refractivity contribution in [3.63, 3.8) is 0 Å². The lowest BCUT2D eigenvalue weighted by Crippen LogP contribution is -2.05. The average molecular weight is 340 g/mol. The summed E-state index contributed by atoms with van der Waals surface area (Å²) in [6, 6.07) is 5.83. The van der Waals surface area contributed by atoms with Crippen LogP contribution in [0.5, 0.6) is 5.75 Å². The molecule has 5 nitrogen and oxygen atoms in total. The van der Waals surface area contributed by atoms with Gasteiger partial charge in [-0.1, -0.05) is 15.9 Å². The minimum Gasteiger partial charge on any atom is -0.497 e. The molecule has 0 saturated heterocycles. The Hall–Kier alpha value is -1.53. The van der Waals surface area contributed by atoms with E-state index in [2.05, 4.69) is 30.8 Å². The number of halogens is 1. The molecule has 1 N–H and O–H groups in total. The van der Waals surface area contributed by atoms with Crippen molar-refractivity contribution in [3.05, 3.63) is 35.1 Å². The number of imidazole rings is 1. The van der Waals surface area contributed by atoms with E-state index >= 15 is 0 Å². The van der Waals surface area contributed by atoms with Crippen molar-refractivity contribution in [1.82, 2.24) is 9.55 Å². The van der Waals surface area contributed by atoms with Crippen LogP contribution in [0, 0.1) is 0 Å². The molecule has 0 aliphatic heterocycles. The summed E-state index contributed by atoms with van der Waals surface area (Å²) in [5.74, 6) is 1.60. The van der Waals surface area contributed by atoms with Crippen molar-refractivity contribution in [1.29, 1.82) is 0 Å². The van der Waals surface area contributed by atoms with E-state index in [1.54, 1.807) is 20.4 Å². The Morgan fingerprint density at radius 1 is 1.30 bits per heavy atom. The molecule has 0 unspecified atom stereocenters. The van der Waals surface area contributed by atoms with Gasteiger partial charge in [0.05, 0.1) is 7.11 Å². The monoisotopic (exact) mass is 339 g/mol. The lowest BCUT2D eigenvalue weighted by molar-refractivity contribution is 0.190. The number of nitrogens with one attached hydrogen (secondary N) is 1. The number of nitrogens with zero attached hydrogens (tertiary/aromatic N) is 2. The van der Waals surface area contributed by atoms with Crippen LogP contribution in [0.1, 0.15) is 6.42 Å². The first-order valence-corrected chi connectivity index (χ1v) is 7.14. The zero-order chi connectivity index (χ0) is 14.4. The molecule has 0 radical (unpaired) electrons. The highest BCUT2D eigenvalue weighted by Gasteiger charge is 2.05. The average Bonchev–Trinajstić information content (AvgIpc) is 2.86. The molecule has 0 saturated carbocycles. The quantitative estimate of drug-likeness (QED) is 0.785. The number of hydrogen-bond donors (Lipinski definition) is 1. The van der Waals surface area contributed by atoms with Gasteiger partial charge in [0.15, 0.2) is 0 Å². The third-order valence-electron chi connectivity index (χ3n) is 2.83. The second-order valence-corrected chi connectivity index (χ2v) is 5.21. The van der Waals surface area contributed by atoms with Gasteiger partial charge in [-0.2, -0.15) is 0 Å². The molecule has 0 aliphatic rings. The molecule has 20 heavy (non-hydrogen) atoms. The molecule has 0 amide bonds. The Morgan fingerprint density at radius 3 is 2.90 bits per heavy atom. The van der Waals surface area contributed by atoms with Crippen molar-refractivity contribution < 1.29 is 9.47 Å². The van der Waals surface area contributed by atoms with Gasteiger partial charge in [0.25, 0.3) is 0 Å². The highest BCUT2D eigenvalue weighted by molar-refractivity contribution is 9.10. The predicted molar refractivity (Wildman–Crippen MR) is 82.7 cm³/mol. The van der Waals surface area contributed by atoms with E-state index in [0.717, 1.165) is 41.4 Å². The van der Waals surface area contributed by atoms with Crippen molar-refractivity contribution in [3.8, 4) is 5.75 Å². The van der Waals surface area contributed by atoms with E-state index in [1.807, 2.05) is 24.4 Å². The topological polar surface area (TPSA) is 48.3 Å². The lowest BCUT2D eigenvalue weighted by atomic mass is 10.3. The van der Waals surface area contributed by atoms with Gasteiger partial charge >= 0.3 is 0 Å². The van der Waals surface area contributed by atoms with Gasteiger partial charge in [-0.05, 0) is 18.6 Å². The zero-order valence-electron chi connectivity index (χ0n) is 11.6. The van der Waals surface area contributed by atoms with Crippen molar-refractivity contribution in [2.24, 2.45) is 0 Å². The number of aryl methyl sites for hydroxylation is 1. The maximum atomic E-state index is 5.25. The molecule has 0 spiro atoms. The number of anilines is 2. The Bertz CT molecular complexity index is 557. The molecule has 2 aromatic rings. The van der Waals surface area contributed by atoms with E-state index in [0.29, 0.717) is 0 Å². The van der Waals surface area contributed by atoms with Crippen LogP contribution in [0.25, 0.3) is 0 Å². The molecule has 6 heteroatoms. The molecule has 1 heterocycles. The summed E-state index contributed by atoms with van der Waals surface area (Å²) in [7, 11) is 3.36. The van der Waals surface area contributed by atoms with Crippen LogP contribution in [0.15, 0.2) is 35.1 Å². The van der Waals surface area contributed by atoms with E-state index in [1.165, 1.54) is 0 Å². The summed E-state index contributed by atoms with van der Waals surface area (Å²) in [5, 5.41) is 3.30. The number of ether oxygens (including phenoxy) is 2. The van der Waals surface area contributed by atoms with E-state index in [9.17, 15) is 0 Å². The fraction of sp³-hybridized carbons (Fsp3) is 0.357. The minimum atomic E-state index is 0.738. The molecule has 0 aliphatic carbocycles. The summed E-state index contributed by atoms with van der Waals surface area (Å²) in [5.41, 5.74) is 0.926. The molecular formula is C14H18BrN3O2. The van der Waals surface area contributed by atoms with E-state index in [4.69, 9.17) is 9.47 Å². The van der Waals surface area contributed by atoms with Crippen molar-refractivity contribution in [2.45, 2.75) is 13.0 Å². The maximum Gasteiger partial charge on any atom is 0.207 e.